The van der Waals surface area contributed by atoms with Crippen LogP contribution in [0.3, 0.4) is 0 Å². The second kappa shape index (κ2) is 8.36. The van der Waals surface area contributed by atoms with Crippen LogP contribution in [0, 0.1) is 11.6 Å². The summed E-state index contributed by atoms with van der Waals surface area (Å²) in [6, 6.07) is 3.79. The number of nitrogens with zero attached hydrogens (tertiary/aromatic N) is 3. The summed E-state index contributed by atoms with van der Waals surface area (Å²) in [6.45, 7) is 5.08. The molecule has 0 unspecified atom stereocenters. The Morgan fingerprint density at radius 2 is 1.74 bits per heavy atom. The minimum Gasteiger partial charge on any atom is -0.340 e. The van der Waals surface area contributed by atoms with Gasteiger partial charge in [0.15, 0.2) is 0 Å². The molecule has 1 amide bonds. The van der Waals surface area contributed by atoms with Gasteiger partial charge in [0, 0.05) is 51.3 Å². The predicted octanol–water partition coefficient (Wildman–Crippen LogP) is 1.60. The highest BCUT2D eigenvalue weighted by molar-refractivity contribution is 5.76. The van der Waals surface area contributed by atoms with E-state index in [0.29, 0.717) is 13.1 Å². The van der Waals surface area contributed by atoms with E-state index in [-0.39, 0.29) is 24.3 Å². The number of likely N-dealkylation sites (N-methyl/N-ethyl adjacent to an activating group) is 1. The molecule has 0 atom stereocenters. The van der Waals surface area contributed by atoms with E-state index in [2.05, 4.69) is 9.80 Å². The number of hydrogen-bond acceptors (Lipinski definition) is 3. The fraction of sp³-hybridized carbons (Fsp3) is 0.588. The minimum atomic E-state index is -0.577. The number of rotatable bonds is 6. The van der Waals surface area contributed by atoms with Gasteiger partial charge in [-0.2, -0.15) is 0 Å². The molecule has 4 nitrogen and oxygen atoms in total. The first-order chi connectivity index (χ1) is 11.0. The third kappa shape index (κ3) is 5.25. The molecular formula is C17H25F2N3O. The molecule has 0 aromatic heterocycles. The molecule has 1 aromatic rings. The Morgan fingerprint density at radius 3 is 2.30 bits per heavy atom. The summed E-state index contributed by atoms with van der Waals surface area (Å²) in [5.41, 5.74) is 0.00506. The van der Waals surface area contributed by atoms with Crippen molar-refractivity contribution in [3.8, 4) is 0 Å². The van der Waals surface area contributed by atoms with Crippen LogP contribution in [0.2, 0.25) is 0 Å². The van der Waals surface area contributed by atoms with Crippen LogP contribution in [-0.2, 0) is 11.2 Å². The van der Waals surface area contributed by atoms with Crippen molar-refractivity contribution in [2.24, 2.45) is 0 Å². The molecule has 128 valence electrons. The molecule has 0 spiro atoms. The monoisotopic (exact) mass is 325 g/mol. The lowest BCUT2D eigenvalue weighted by molar-refractivity contribution is -0.132. The van der Waals surface area contributed by atoms with E-state index < -0.39 is 11.6 Å². The quantitative estimate of drug-likeness (QED) is 0.795. The molecule has 6 heteroatoms. The minimum absolute atomic E-state index is 0.00506. The van der Waals surface area contributed by atoms with Crippen molar-refractivity contribution in [1.82, 2.24) is 14.7 Å². The summed E-state index contributed by atoms with van der Waals surface area (Å²) in [5, 5.41) is 0. The number of hydrogen-bond donors (Lipinski definition) is 0. The van der Waals surface area contributed by atoms with Crippen LogP contribution in [-0.4, -0.2) is 74.0 Å². The smallest absolute Gasteiger partial charge is 0.222 e. The Kier molecular flexibility index (Phi) is 6.47. The summed E-state index contributed by atoms with van der Waals surface area (Å²) in [4.78, 5) is 18.5. The van der Waals surface area contributed by atoms with Crippen molar-refractivity contribution in [2.75, 3.05) is 53.4 Å². The Morgan fingerprint density at radius 1 is 1.13 bits per heavy atom. The summed E-state index contributed by atoms with van der Waals surface area (Å²) in [7, 11) is 4.09. The van der Waals surface area contributed by atoms with Crippen LogP contribution in [0.15, 0.2) is 18.2 Å². The van der Waals surface area contributed by atoms with Gasteiger partial charge in [-0.05, 0) is 32.6 Å². The lowest BCUT2D eigenvalue weighted by Crippen LogP contribution is -2.50. The van der Waals surface area contributed by atoms with Gasteiger partial charge in [-0.3, -0.25) is 9.69 Å². The SMILES string of the molecule is CN(C)CCN1CCN(C(=O)CCc2c(F)cccc2F)CC1. The molecule has 1 saturated heterocycles. The van der Waals surface area contributed by atoms with Gasteiger partial charge < -0.3 is 9.80 Å². The Bertz CT molecular complexity index is 508. The first-order valence-corrected chi connectivity index (χ1v) is 8.05. The van der Waals surface area contributed by atoms with Crippen LogP contribution >= 0.6 is 0 Å². The number of carbonyl (C=O) groups excluding carboxylic acids is 1. The van der Waals surface area contributed by atoms with Gasteiger partial charge in [0.1, 0.15) is 11.6 Å². The highest BCUT2D eigenvalue weighted by atomic mass is 19.1. The summed E-state index contributed by atoms with van der Waals surface area (Å²) >= 11 is 0. The second-order valence-corrected chi connectivity index (χ2v) is 6.23. The Balaban J connectivity index is 1.77. The van der Waals surface area contributed by atoms with Crippen LogP contribution in [0.25, 0.3) is 0 Å². The number of halogens is 2. The number of piperazine rings is 1. The molecule has 1 fully saturated rings. The zero-order chi connectivity index (χ0) is 16.8. The molecular weight excluding hydrogens is 300 g/mol. The van der Waals surface area contributed by atoms with Gasteiger partial charge in [-0.25, -0.2) is 8.78 Å². The number of benzene rings is 1. The molecule has 0 bridgehead atoms. The largest absolute Gasteiger partial charge is 0.340 e. The zero-order valence-electron chi connectivity index (χ0n) is 13.9. The molecule has 0 radical (unpaired) electrons. The fourth-order valence-corrected chi connectivity index (χ4v) is 2.72. The van der Waals surface area contributed by atoms with Crippen molar-refractivity contribution in [3.05, 3.63) is 35.4 Å². The molecule has 2 rings (SSSR count). The van der Waals surface area contributed by atoms with Crippen molar-refractivity contribution in [2.45, 2.75) is 12.8 Å². The van der Waals surface area contributed by atoms with Gasteiger partial charge in [0.05, 0.1) is 0 Å². The van der Waals surface area contributed by atoms with Crippen LogP contribution in [0.1, 0.15) is 12.0 Å². The lowest BCUT2D eigenvalue weighted by atomic mass is 10.1. The molecule has 1 aliphatic heterocycles. The number of carbonyl (C=O) groups is 1. The van der Waals surface area contributed by atoms with E-state index in [0.717, 1.165) is 26.2 Å². The second-order valence-electron chi connectivity index (χ2n) is 6.23. The topological polar surface area (TPSA) is 26.8 Å². The van der Waals surface area contributed by atoms with E-state index in [1.165, 1.54) is 18.2 Å². The van der Waals surface area contributed by atoms with Crippen molar-refractivity contribution >= 4 is 5.91 Å². The third-order valence-electron chi connectivity index (χ3n) is 4.24. The molecule has 0 aliphatic carbocycles. The standard InChI is InChI=1S/C17H25F2N3O/c1-20(2)8-9-21-10-12-22(13-11-21)17(23)7-6-14-15(18)4-3-5-16(14)19/h3-5H,6-13H2,1-2H3. The van der Waals surface area contributed by atoms with Gasteiger partial charge >= 0.3 is 0 Å². The van der Waals surface area contributed by atoms with E-state index in [4.69, 9.17) is 0 Å². The van der Waals surface area contributed by atoms with E-state index in [9.17, 15) is 13.6 Å². The molecule has 1 aliphatic rings. The summed E-state index contributed by atoms with van der Waals surface area (Å²) < 4.78 is 27.1. The first kappa shape index (κ1) is 17.8. The fourth-order valence-electron chi connectivity index (χ4n) is 2.72. The average molecular weight is 325 g/mol. The molecule has 0 N–H and O–H groups in total. The van der Waals surface area contributed by atoms with Crippen molar-refractivity contribution in [1.29, 1.82) is 0 Å². The number of amides is 1. The molecule has 1 aromatic carbocycles. The van der Waals surface area contributed by atoms with E-state index in [1.807, 2.05) is 14.1 Å². The van der Waals surface area contributed by atoms with Gasteiger partial charge in [0.25, 0.3) is 0 Å². The maximum absolute atomic E-state index is 13.6. The first-order valence-electron chi connectivity index (χ1n) is 8.05. The van der Waals surface area contributed by atoms with Gasteiger partial charge in [-0.15, -0.1) is 0 Å². The molecule has 0 saturated carbocycles. The van der Waals surface area contributed by atoms with E-state index in [1.54, 1.807) is 4.90 Å². The lowest BCUT2D eigenvalue weighted by Gasteiger charge is -2.35. The maximum atomic E-state index is 13.6. The van der Waals surface area contributed by atoms with Crippen LogP contribution in [0.4, 0.5) is 8.78 Å². The van der Waals surface area contributed by atoms with Gasteiger partial charge in [-0.1, -0.05) is 6.07 Å². The van der Waals surface area contributed by atoms with E-state index >= 15 is 0 Å². The van der Waals surface area contributed by atoms with Gasteiger partial charge in [0.2, 0.25) is 5.91 Å². The van der Waals surface area contributed by atoms with Crippen LogP contribution in [0.5, 0.6) is 0 Å². The normalized spacial score (nSPS) is 16.1. The Hall–Kier alpha value is -1.53. The van der Waals surface area contributed by atoms with Crippen molar-refractivity contribution < 1.29 is 13.6 Å². The van der Waals surface area contributed by atoms with Crippen LogP contribution < -0.4 is 0 Å². The third-order valence-corrected chi connectivity index (χ3v) is 4.24. The zero-order valence-corrected chi connectivity index (χ0v) is 13.9. The van der Waals surface area contributed by atoms with Crippen molar-refractivity contribution in [3.63, 3.8) is 0 Å². The predicted molar refractivity (Wildman–Crippen MR) is 86.3 cm³/mol. The highest BCUT2D eigenvalue weighted by Gasteiger charge is 2.21. The summed E-state index contributed by atoms with van der Waals surface area (Å²) in [6.07, 6.45) is 0.258. The molecule has 1 heterocycles. The average Bonchev–Trinajstić information content (AvgIpc) is 2.52. The Labute approximate surface area is 136 Å². The maximum Gasteiger partial charge on any atom is 0.222 e. The highest BCUT2D eigenvalue weighted by Crippen LogP contribution is 2.15. The summed E-state index contributed by atoms with van der Waals surface area (Å²) in [5.74, 6) is -1.18. The molecule has 23 heavy (non-hydrogen) atoms.